The van der Waals surface area contributed by atoms with Gasteiger partial charge in [0.15, 0.2) is 0 Å². The second-order valence-corrected chi connectivity index (χ2v) is 7.25. The lowest BCUT2D eigenvalue weighted by molar-refractivity contribution is -0.139. The maximum atomic E-state index is 13.3. The zero-order valence-corrected chi connectivity index (χ0v) is 16.5. The number of halogens is 5. The molecule has 0 N–H and O–H groups in total. The maximum Gasteiger partial charge on any atom is 0.419 e. The molecule has 0 aliphatic rings. The minimum absolute atomic E-state index is 0.0428. The van der Waals surface area contributed by atoms with Gasteiger partial charge in [0.05, 0.1) is 11.3 Å². The number of rotatable bonds is 6. The van der Waals surface area contributed by atoms with Gasteiger partial charge in [-0.3, -0.25) is 0 Å². The van der Waals surface area contributed by atoms with E-state index in [1.165, 1.54) is 37.4 Å². The molecule has 0 radical (unpaired) electrons. The SMILES string of the molecule is Cc1ccc(C(F)(F)F)c(OCc2c(SC(F)F)cccc2-n2nnn(C)c2=O)c1. The van der Waals surface area contributed by atoms with Crippen molar-refractivity contribution in [2.45, 2.75) is 30.4 Å². The van der Waals surface area contributed by atoms with Crippen LogP contribution in [0.2, 0.25) is 0 Å². The molecular formula is C18H15F5N4O2S. The van der Waals surface area contributed by atoms with E-state index in [-0.39, 0.29) is 27.9 Å². The van der Waals surface area contributed by atoms with Crippen molar-refractivity contribution in [2.24, 2.45) is 7.05 Å². The third kappa shape index (κ3) is 4.64. The van der Waals surface area contributed by atoms with Gasteiger partial charge >= 0.3 is 11.9 Å². The van der Waals surface area contributed by atoms with E-state index in [0.717, 1.165) is 15.4 Å². The number of aryl methyl sites for hydroxylation is 2. The molecule has 0 spiro atoms. The number of ether oxygens (including phenoxy) is 1. The first-order chi connectivity index (χ1) is 14.1. The van der Waals surface area contributed by atoms with E-state index >= 15 is 0 Å². The minimum Gasteiger partial charge on any atom is -0.488 e. The lowest BCUT2D eigenvalue weighted by Gasteiger charge is -2.17. The molecule has 6 nitrogen and oxygen atoms in total. The fraction of sp³-hybridized carbons (Fsp3) is 0.278. The Kier molecular flexibility index (Phi) is 6.15. The van der Waals surface area contributed by atoms with Gasteiger partial charge in [-0.2, -0.15) is 31.3 Å². The Morgan fingerprint density at radius 2 is 1.90 bits per heavy atom. The van der Waals surface area contributed by atoms with Crippen LogP contribution in [-0.4, -0.2) is 25.5 Å². The number of hydrogen-bond donors (Lipinski definition) is 0. The fourth-order valence-electron chi connectivity index (χ4n) is 2.70. The highest BCUT2D eigenvalue weighted by atomic mass is 32.2. The molecule has 0 saturated carbocycles. The van der Waals surface area contributed by atoms with Crippen LogP contribution in [-0.2, 0) is 19.8 Å². The quantitative estimate of drug-likeness (QED) is 0.420. The molecule has 12 heteroatoms. The van der Waals surface area contributed by atoms with Gasteiger partial charge in [-0.05, 0) is 47.2 Å². The van der Waals surface area contributed by atoms with Crippen molar-refractivity contribution in [3.63, 3.8) is 0 Å². The maximum absolute atomic E-state index is 13.3. The summed E-state index contributed by atoms with van der Waals surface area (Å²) in [6.07, 6.45) is -4.66. The minimum atomic E-state index is -4.66. The molecule has 160 valence electrons. The van der Waals surface area contributed by atoms with Crippen LogP contribution in [0.1, 0.15) is 16.7 Å². The zero-order chi connectivity index (χ0) is 22.1. The summed E-state index contributed by atoms with van der Waals surface area (Å²) < 4.78 is 73.2. The molecule has 0 aliphatic heterocycles. The Morgan fingerprint density at radius 3 is 2.50 bits per heavy atom. The van der Waals surface area contributed by atoms with Crippen LogP contribution in [0.15, 0.2) is 46.1 Å². The summed E-state index contributed by atoms with van der Waals surface area (Å²) in [7, 11) is 1.35. The summed E-state index contributed by atoms with van der Waals surface area (Å²) in [6, 6.07) is 7.60. The molecule has 0 saturated heterocycles. The third-order valence-corrected chi connectivity index (χ3v) is 4.90. The average Bonchev–Trinajstić information content (AvgIpc) is 2.98. The number of tetrazole rings is 1. The van der Waals surface area contributed by atoms with Crippen LogP contribution in [0.3, 0.4) is 0 Å². The number of aromatic nitrogens is 4. The molecule has 1 heterocycles. The number of benzene rings is 2. The van der Waals surface area contributed by atoms with E-state index in [1.807, 2.05) is 0 Å². The predicted molar refractivity (Wildman–Crippen MR) is 99.0 cm³/mol. The number of thioether (sulfide) groups is 1. The Hall–Kier alpha value is -2.89. The fourth-order valence-corrected chi connectivity index (χ4v) is 3.36. The monoisotopic (exact) mass is 446 g/mol. The van der Waals surface area contributed by atoms with Crippen molar-refractivity contribution >= 4 is 11.8 Å². The van der Waals surface area contributed by atoms with Gasteiger partial charge in [0, 0.05) is 17.5 Å². The lowest BCUT2D eigenvalue weighted by atomic mass is 10.1. The highest BCUT2D eigenvalue weighted by Gasteiger charge is 2.34. The summed E-state index contributed by atoms with van der Waals surface area (Å²) in [5.41, 5.74) is -0.953. The summed E-state index contributed by atoms with van der Waals surface area (Å²) in [5.74, 6) is -3.24. The smallest absolute Gasteiger partial charge is 0.419 e. The van der Waals surface area contributed by atoms with Crippen molar-refractivity contribution in [1.29, 1.82) is 0 Å². The van der Waals surface area contributed by atoms with Gasteiger partial charge in [0.25, 0.3) is 5.76 Å². The molecular weight excluding hydrogens is 431 g/mol. The molecule has 0 amide bonds. The second kappa shape index (κ2) is 8.46. The molecule has 0 fully saturated rings. The normalized spacial score (nSPS) is 11.9. The van der Waals surface area contributed by atoms with Crippen LogP contribution in [0.4, 0.5) is 22.0 Å². The highest BCUT2D eigenvalue weighted by Crippen LogP contribution is 2.38. The molecule has 0 aliphatic carbocycles. The number of alkyl halides is 5. The Labute approximate surface area is 171 Å². The summed E-state index contributed by atoms with van der Waals surface area (Å²) in [5, 5.41) is 7.25. The van der Waals surface area contributed by atoms with E-state index in [0.29, 0.717) is 5.56 Å². The van der Waals surface area contributed by atoms with Crippen molar-refractivity contribution in [3.8, 4) is 11.4 Å². The van der Waals surface area contributed by atoms with E-state index in [1.54, 1.807) is 6.92 Å². The number of hydrogen-bond acceptors (Lipinski definition) is 5. The highest BCUT2D eigenvalue weighted by molar-refractivity contribution is 7.99. The average molecular weight is 446 g/mol. The lowest BCUT2D eigenvalue weighted by Crippen LogP contribution is -2.23. The van der Waals surface area contributed by atoms with Gasteiger partial charge in [0.1, 0.15) is 12.4 Å². The van der Waals surface area contributed by atoms with E-state index in [4.69, 9.17) is 4.74 Å². The van der Waals surface area contributed by atoms with Gasteiger partial charge in [0.2, 0.25) is 0 Å². The van der Waals surface area contributed by atoms with Gasteiger partial charge in [-0.1, -0.05) is 23.9 Å². The molecule has 0 bridgehead atoms. The Balaban J connectivity index is 2.06. The first-order valence-corrected chi connectivity index (χ1v) is 9.32. The van der Waals surface area contributed by atoms with Crippen molar-refractivity contribution in [1.82, 2.24) is 19.8 Å². The zero-order valence-electron chi connectivity index (χ0n) is 15.7. The van der Waals surface area contributed by atoms with Crippen molar-refractivity contribution in [2.75, 3.05) is 0 Å². The van der Waals surface area contributed by atoms with Gasteiger partial charge in [-0.25, -0.2) is 4.79 Å². The van der Waals surface area contributed by atoms with Crippen molar-refractivity contribution < 1.29 is 26.7 Å². The Morgan fingerprint density at radius 1 is 1.17 bits per heavy atom. The van der Waals surface area contributed by atoms with Gasteiger partial charge < -0.3 is 4.74 Å². The molecule has 2 aromatic carbocycles. The van der Waals surface area contributed by atoms with Crippen LogP contribution in [0, 0.1) is 6.92 Å². The summed E-state index contributed by atoms with van der Waals surface area (Å²) >= 11 is 0.189. The molecule has 1 aromatic heterocycles. The standard InChI is InChI=1S/C18H15F5N4O2S/c1-10-6-7-12(18(21,22)23)14(8-10)29-9-11-13(27-17(28)26(2)24-25-27)4-3-5-15(11)30-16(19)20/h3-8,16H,9H2,1-2H3. The first-order valence-electron chi connectivity index (χ1n) is 8.44. The third-order valence-electron chi connectivity index (χ3n) is 4.09. The first kappa shape index (κ1) is 21.8. The van der Waals surface area contributed by atoms with Crippen LogP contribution in [0.25, 0.3) is 5.69 Å². The molecule has 30 heavy (non-hydrogen) atoms. The summed E-state index contributed by atoms with van der Waals surface area (Å²) in [4.78, 5) is 12.3. The van der Waals surface area contributed by atoms with E-state index < -0.39 is 35.5 Å². The summed E-state index contributed by atoms with van der Waals surface area (Å²) in [6.45, 7) is 1.10. The molecule has 3 rings (SSSR count). The predicted octanol–water partition coefficient (Wildman–Crippen LogP) is 4.19. The van der Waals surface area contributed by atoms with E-state index in [2.05, 4.69) is 10.4 Å². The van der Waals surface area contributed by atoms with Gasteiger partial charge in [-0.15, -0.1) is 0 Å². The van der Waals surface area contributed by atoms with Crippen molar-refractivity contribution in [3.05, 3.63) is 63.6 Å². The van der Waals surface area contributed by atoms with Crippen LogP contribution in [0.5, 0.6) is 5.75 Å². The largest absolute Gasteiger partial charge is 0.488 e. The number of nitrogens with zero attached hydrogens (tertiary/aromatic N) is 4. The molecule has 0 unspecified atom stereocenters. The van der Waals surface area contributed by atoms with Crippen LogP contribution >= 0.6 is 11.8 Å². The molecule has 0 atom stereocenters. The molecule has 3 aromatic rings. The van der Waals surface area contributed by atoms with E-state index in [9.17, 15) is 26.7 Å². The second-order valence-electron chi connectivity index (χ2n) is 6.22. The topological polar surface area (TPSA) is 61.9 Å². The Bertz CT molecular complexity index is 1110. The van der Waals surface area contributed by atoms with Crippen LogP contribution < -0.4 is 10.4 Å².